The third kappa shape index (κ3) is 4.73. The summed E-state index contributed by atoms with van der Waals surface area (Å²) in [6.45, 7) is 10.8. The molecule has 110 valence electrons. The first-order chi connectivity index (χ1) is 8.90. The molecule has 1 aliphatic rings. The Bertz CT molecular complexity index is 340. The molecule has 1 amide bonds. The van der Waals surface area contributed by atoms with Gasteiger partial charge in [0.1, 0.15) is 0 Å². The number of carbonyl (C=O) groups excluding carboxylic acids is 1. The Morgan fingerprint density at radius 2 is 2.16 bits per heavy atom. The van der Waals surface area contributed by atoms with Crippen molar-refractivity contribution in [1.82, 2.24) is 15.5 Å². The van der Waals surface area contributed by atoms with E-state index in [1.54, 1.807) is 7.05 Å². The van der Waals surface area contributed by atoms with Crippen LogP contribution in [-0.4, -0.2) is 49.5 Å². The van der Waals surface area contributed by atoms with Crippen LogP contribution in [0.5, 0.6) is 0 Å². The fourth-order valence-corrected chi connectivity index (χ4v) is 2.36. The molecule has 5 nitrogen and oxygen atoms in total. The highest BCUT2D eigenvalue weighted by Gasteiger charge is 2.33. The minimum atomic E-state index is 0.00796. The molecule has 1 heterocycles. The fourth-order valence-electron chi connectivity index (χ4n) is 2.36. The van der Waals surface area contributed by atoms with Gasteiger partial charge in [0.25, 0.3) is 0 Å². The SMILES string of the molecule is CCC1(C)CCN(C(=NC)NCC(=O)NC(C)C)C1. The van der Waals surface area contributed by atoms with Crippen LogP contribution in [0, 0.1) is 5.41 Å². The predicted octanol–water partition coefficient (Wildman–Crippen LogP) is 1.21. The molecular weight excluding hydrogens is 240 g/mol. The molecule has 0 spiro atoms. The molecule has 0 bridgehead atoms. The van der Waals surface area contributed by atoms with Crippen LogP contribution in [0.1, 0.15) is 40.5 Å². The Morgan fingerprint density at radius 1 is 1.47 bits per heavy atom. The minimum absolute atomic E-state index is 0.00796. The molecule has 0 saturated carbocycles. The number of carbonyl (C=O) groups is 1. The molecule has 0 aromatic rings. The molecule has 1 unspecified atom stereocenters. The molecule has 0 radical (unpaired) electrons. The smallest absolute Gasteiger partial charge is 0.239 e. The van der Waals surface area contributed by atoms with Gasteiger partial charge >= 0.3 is 0 Å². The first kappa shape index (κ1) is 15.8. The Balaban J connectivity index is 2.46. The van der Waals surface area contributed by atoms with Crippen LogP contribution in [0.3, 0.4) is 0 Å². The van der Waals surface area contributed by atoms with Crippen molar-refractivity contribution in [3.63, 3.8) is 0 Å². The van der Waals surface area contributed by atoms with E-state index in [9.17, 15) is 4.79 Å². The van der Waals surface area contributed by atoms with E-state index in [1.165, 1.54) is 12.8 Å². The third-order valence-corrected chi connectivity index (χ3v) is 3.78. The number of rotatable bonds is 4. The normalized spacial score (nSPS) is 23.9. The summed E-state index contributed by atoms with van der Waals surface area (Å²) in [4.78, 5) is 18.1. The summed E-state index contributed by atoms with van der Waals surface area (Å²) in [6.07, 6.45) is 2.36. The van der Waals surface area contributed by atoms with Crippen molar-refractivity contribution in [2.75, 3.05) is 26.7 Å². The number of hydrogen-bond acceptors (Lipinski definition) is 2. The fraction of sp³-hybridized carbons (Fsp3) is 0.857. The maximum atomic E-state index is 11.6. The van der Waals surface area contributed by atoms with Gasteiger partial charge in [-0.05, 0) is 32.1 Å². The van der Waals surface area contributed by atoms with Crippen molar-refractivity contribution < 1.29 is 4.79 Å². The molecule has 1 aliphatic heterocycles. The highest BCUT2D eigenvalue weighted by molar-refractivity contribution is 5.86. The molecule has 2 N–H and O–H groups in total. The second-order valence-electron chi connectivity index (χ2n) is 5.96. The van der Waals surface area contributed by atoms with Crippen molar-refractivity contribution in [1.29, 1.82) is 0 Å². The monoisotopic (exact) mass is 268 g/mol. The van der Waals surface area contributed by atoms with Gasteiger partial charge in [-0.1, -0.05) is 13.8 Å². The van der Waals surface area contributed by atoms with Gasteiger partial charge in [0.2, 0.25) is 5.91 Å². The quantitative estimate of drug-likeness (QED) is 0.595. The lowest BCUT2D eigenvalue weighted by Gasteiger charge is -2.25. The molecule has 0 aliphatic carbocycles. The second kappa shape index (κ2) is 6.78. The molecule has 19 heavy (non-hydrogen) atoms. The molecule has 5 heteroatoms. The van der Waals surface area contributed by atoms with Gasteiger partial charge in [-0.25, -0.2) is 0 Å². The Kier molecular flexibility index (Phi) is 5.63. The number of amides is 1. The summed E-state index contributed by atoms with van der Waals surface area (Å²) in [5, 5.41) is 6.01. The van der Waals surface area contributed by atoms with Gasteiger partial charge in [0, 0.05) is 26.2 Å². The van der Waals surface area contributed by atoms with E-state index in [0.717, 1.165) is 19.0 Å². The van der Waals surface area contributed by atoms with Gasteiger partial charge in [-0.3, -0.25) is 9.79 Å². The Hall–Kier alpha value is -1.26. The van der Waals surface area contributed by atoms with Crippen LogP contribution in [-0.2, 0) is 4.79 Å². The molecule has 1 saturated heterocycles. The van der Waals surface area contributed by atoms with Crippen molar-refractivity contribution >= 4 is 11.9 Å². The van der Waals surface area contributed by atoms with E-state index < -0.39 is 0 Å². The van der Waals surface area contributed by atoms with E-state index in [1.807, 2.05) is 13.8 Å². The van der Waals surface area contributed by atoms with Gasteiger partial charge in [0.15, 0.2) is 5.96 Å². The topological polar surface area (TPSA) is 56.7 Å². The molecule has 0 aromatic carbocycles. The first-order valence-corrected chi connectivity index (χ1v) is 7.15. The molecular formula is C14H28N4O. The lowest BCUT2D eigenvalue weighted by atomic mass is 9.87. The Morgan fingerprint density at radius 3 is 2.63 bits per heavy atom. The minimum Gasteiger partial charge on any atom is -0.352 e. The zero-order chi connectivity index (χ0) is 14.5. The summed E-state index contributed by atoms with van der Waals surface area (Å²) in [6, 6.07) is 0.173. The van der Waals surface area contributed by atoms with Crippen molar-refractivity contribution in [3.8, 4) is 0 Å². The summed E-state index contributed by atoms with van der Waals surface area (Å²) in [5.74, 6) is 0.838. The van der Waals surface area contributed by atoms with Crippen LogP contribution in [0.2, 0.25) is 0 Å². The highest BCUT2D eigenvalue weighted by Crippen LogP contribution is 2.32. The maximum absolute atomic E-state index is 11.6. The van der Waals surface area contributed by atoms with Crippen LogP contribution < -0.4 is 10.6 Å². The first-order valence-electron chi connectivity index (χ1n) is 7.15. The van der Waals surface area contributed by atoms with E-state index in [0.29, 0.717) is 5.41 Å². The number of nitrogens with zero attached hydrogens (tertiary/aromatic N) is 2. The zero-order valence-electron chi connectivity index (χ0n) is 12.9. The third-order valence-electron chi connectivity index (χ3n) is 3.78. The number of nitrogens with one attached hydrogen (secondary N) is 2. The largest absolute Gasteiger partial charge is 0.352 e. The summed E-state index contributed by atoms with van der Waals surface area (Å²) >= 11 is 0. The summed E-state index contributed by atoms with van der Waals surface area (Å²) in [5.41, 5.74) is 0.373. The number of aliphatic imine (C=N–C) groups is 1. The maximum Gasteiger partial charge on any atom is 0.239 e. The van der Waals surface area contributed by atoms with Gasteiger partial charge in [-0.2, -0.15) is 0 Å². The predicted molar refractivity (Wildman–Crippen MR) is 79.2 cm³/mol. The van der Waals surface area contributed by atoms with Crippen LogP contribution in [0.25, 0.3) is 0 Å². The average molecular weight is 268 g/mol. The molecule has 1 rings (SSSR count). The highest BCUT2D eigenvalue weighted by atomic mass is 16.2. The summed E-state index contributed by atoms with van der Waals surface area (Å²) < 4.78 is 0. The lowest BCUT2D eigenvalue weighted by molar-refractivity contribution is -0.120. The molecule has 1 atom stereocenters. The molecule has 0 aromatic heterocycles. The van der Waals surface area contributed by atoms with E-state index in [4.69, 9.17) is 0 Å². The van der Waals surface area contributed by atoms with Crippen molar-refractivity contribution in [2.45, 2.75) is 46.6 Å². The second-order valence-corrected chi connectivity index (χ2v) is 5.96. The Labute approximate surface area is 116 Å². The number of likely N-dealkylation sites (tertiary alicyclic amines) is 1. The van der Waals surface area contributed by atoms with Crippen LogP contribution in [0.15, 0.2) is 4.99 Å². The van der Waals surface area contributed by atoms with Gasteiger partial charge in [0.05, 0.1) is 6.54 Å². The zero-order valence-corrected chi connectivity index (χ0v) is 12.9. The van der Waals surface area contributed by atoms with Gasteiger partial charge in [-0.15, -0.1) is 0 Å². The standard InChI is InChI=1S/C14H28N4O/c1-6-14(4)7-8-18(10-14)13(15-5)16-9-12(19)17-11(2)3/h11H,6-10H2,1-5H3,(H,15,16)(H,17,19). The van der Waals surface area contributed by atoms with Crippen molar-refractivity contribution in [2.24, 2.45) is 10.4 Å². The molecule has 1 fully saturated rings. The number of guanidine groups is 1. The van der Waals surface area contributed by atoms with E-state index >= 15 is 0 Å². The van der Waals surface area contributed by atoms with E-state index in [2.05, 4.69) is 34.4 Å². The lowest BCUT2D eigenvalue weighted by Crippen LogP contribution is -2.46. The average Bonchev–Trinajstić information content (AvgIpc) is 2.73. The van der Waals surface area contributed by atoms with Crippen molar-refractivity contribution in [3.05, 3.63) is 0 Å². The van der Waals surface area contributed by atoms with Gasteiger partial charge < -0.3 is 15.5 Å². The van der Waals surface area contributed by atoms with E-state index in [-0.39, 0.29) is 18.5 Å². The number of hydrogen-bond donors (Lipinski definition) is 2. The van der Waals surface area contributed by atoms with Crippen LogP contribution in [0.4, 0.5) is 0 Å². The summed E-state index contributed by atoms with van der Waals surface area (Å²) in [7, 11) is 1.77. The van der Waals surface area contributed by atoms with Crippen LogP contribution >= 0.6 is 0 Å².